The highest BCUT2D eigenvalue weighted by Crippen LogP contribution is 1.62. The summed E-state index contributed by atoms with van der Waals surface area (Å²) in [6, 6.07) is 0. The van der Waals surface area contributed by atoms with Gasteiger partial charge in [-0.2, -0.15) is 0 Å². The first-order valence-corrected chi connectivity index (χ1v) is 3.84. The summed E-state index contributed by atoms with van der Waals surface area (Å²) in [5, 5.41) is 0. The summed E-state index contributed by atoms with van der Waals surface area (Å²) in [6.45, 7) is 8.25. The van der Waals surface area contributed by atoms with Crippen LogP contribution in [0.1, 0.15) is 34.1 Å². The molecule has 0 fully saturated rings. The summed E-state index contributed by atoms with van der Waals surface area (Å²) >= 11 is 0. The summed E-state index contributed by atoms with van der Waals surface area (Å²) in [5.74, 6) is 0. The van der Waals surface area contributed by atoms with Crippen molar-refractivity contribution in [1.29, 1.82) is 0 Å². The first-order valence-electron chi connectivity index (χ1n) is 3.84. The molecule has 2 nitrogen and oxygen atoms in total. The van der Waals surface area contributed by atoms with Gasteiger partial charge in [-0.05, 0) is 0 Å². The third-order valence-electron chi connectivity index (χ3n) is 0.406. The molecule has 0 radical (unpaired) electrons. The van der Waals surface area contributed by atoms with E-state index < -0.39 is 0 Å². The van der Waals surface area contributed by atoms with Crippen LogP contribution >= 0.6 is 0 Å². The third-order valence-corrected chi connectivity index (χ3v) is 0.406. The Bertz CT molecular complexity index is 74.2. The molecule has 60 valence electrons. The lowest BCUT2D eigenvalue weighted by Crippen LogP contribution is -1.44. The van der Waals surface area contributed by atoms with E-state index in [1.165, 1.54) is 6.42 Å². The quantitative estimate of drug-likeness (QED) is 0.593. The smallest absolute Gasteiger partial charge is 0.0919 e. The Balaban J connectivity index is 0. The number of hydrogen-bond acceptors (Lipinski definition) is 1. The van der Waals surface area contributed by atoms with E-state index in [4.69, 9.17) is 0 Å². The molecule has 0 amide bonds. The number of imidazole rings is 1. The predicted octanol–water partition coefficient (Wildman–Crippen LogP) is 2.85. The largest absolute Gasteiger partial charge is 0.351 e. The van der Waals surface area contributed by atoms with Crippen molar-refractivity contribution in [2.45, 2.75) is 34.1 Å². The fourth-order valence-corrected chi connectivity index (χ4v) is 0.215. The fraction of sp³-hybridized carbons (Fsp3) is 0.625. The second kappa shape index (κ2) is 15.7. The second-order valence-electron chi connectivity index (χ2n) is 1.47. The molecule has 0 unspecified atom stereocenters. The number of hydrogen-bond donors (Lipinski definition) is 1. The van der Waals surface area contributed by atoms with Crippen LogP contribution in [0.2, 0.25) is 0 Å². The van der Waals surface area contributed by atoms with Crippen molar-refractivity contribution in [2.75, 3.05) is 0 Å². The van der Waals surface area contributed by atoms with Gasteiger partial charge in [0.05, 0.1) is 6.33 Å². The van der Waals surface area contributed by atoms with E-state index in [-0.39, 0.29) is 0 Å². The SMILES string of the molecule is CC.CCC.c1c[nH]cn1. The van der Waals surface area contributed by atoms with Crippen LogP contribution in [0.4, 0.5) is 0 Å². The zero-order valence-corrected chi connectivity index (χ0v) is 7.39. The lowest BCUT2D eigenvalue weighted by molar-refractivity contribution is 1.09. The molecule has 1 rings (SSSR count). The van der Waals surface area contributed by atoms with E-state index in [2.05, 4.69) is 23.8 Å². The minimum Gasteiger partial charge on any atom is -0.351 e. The van der Waals surface area contributed by atoms with Gasteiger partial charge in [-0.25, -0.2) is 4.98 Å². The normalized spacial score (nSPS) is 6.40. The van der Waals surface area contributed by atoms with Crippen LogP contribution in [0.3, 0.4) is 0 Å². The first kappa shape index (κ1) is 11.9. The van der Waals surface area contributed by atoms with Gasteiger partial charge in [0, 0.05) is 12.4 Å². The standard InChI is InChI=1S/C3H4N2.C3H8.C2H6/c1-2-5-3-4-1;1-3-2;1-2/h1-3H,(H,4,5);3H2,1-2H3;1-2H3. The first-order chi connectivity index (χ1) is 4.91. The number of nitrogens with one attached hydrogen (secondary N) is 1. The van der Waals surface area contributed by atoms with E-state index in [9.17, 15) is 0 Å². The highest BCUT2D eigenvalue weighted by Gasteiger charge is 1.56. The number of aromatic nitrogens is 2. The van der Waals surface area contributed by atoms with Crippen LogP contribution in [0.15, 0.2) is 18.7 Å². The summed E-state index contributed by atoms with van der Waals surface area (Å²) < 4.78 is 0. The molecule has 1 heterocycles. The number of rotatable bonds is 0. The van der Waals surface area contributed by atoms with E-state index in [0.29, 0.717) is 0 Å². The predicted molar refractivity (Wildman–Crippen MR) is 45.9 cm³/mol. The van der Waals surface area contributed by atoms with Gasteiger partial charge in [-0.15, -0.1) is 0 Å². The van der Waals surface area contributed by atoms with Crippen molar-refractivity contribution in [3.63, 3.8) is 0 Å². The highest BCUT2D eigenvalue weighted by atomic mass is 14.8. The molecule has 1 aromatic heterocycles. The van der Waals surface area contributed by atoms with Crippen LogP contribution < -0.4 is 0 Å². The molecule has 0 atom stereocenters. The minimum absolute atomic E-state index is 1.25. The Kier molecular flexibility index (Phi) is 18.8. The molecule has 0 aliphatic heterocycles. The molecule has 2 heteroatoms. The van der Waals surface area contributed by atoms with Crippen LogP contribution in [0.5, 0.6) is 0 Å². The molecule has 0 spiro atoms. The maximum absolute atomic E-state index is 3.67. The van der Waals surface area contributed by atoms with E-state index in [1.54, 1.807) is 18.7 Å². The number of nitrogens with zero attached hydrogens (tertiary/aromatic N) is 1. The molecule has 0 saturated heterocycles. The van der Waals surface area contributed by atoms with Gasteiger partial charge in [0.15, 0.2) is 0 Å². The second-order valence-corrected chi connectivity index (χ2v) is 1.47. The van der Waals surface area contributed by atoms with Crippen LogP contribution in [-0.2, 0) is 0 Å². The Morgan fingerprint density at radius 1 is 1.30 bits per heavy atom. The lowest BCUT2D eigenvalue weighted by Gasteiger charge is -1.48. The average Bonchev–Trinajstić information content (AvgIpc) is 2.48. The van der Waals surface area contributed by atoms with E-state index >= 15 is 0 Å². The molecule has 0 aliphatic rings. The Morgan fingerprint density at radius 2 is 1.80 bits per heavy atom. The molecular weight excluding hydrogens is 124 g/mol. The van der Waals surface area contributed by atoms with Gasteiger partial charge < -0.3 is 4.98 Å². The maximum Gasteiger partial charge on any atom is 0.0919 e. The molecule has 1 N–H and O–H groups in total. The molecular formula is C8H18N2. The highest BCUT2D eigenvalue weighted by molar-refractivity contribution is 4.64. The van der Waals surface area contributed by atoms with Crippen LogP contribution in [-0.4, -0.2) is 9.97 Å². The van der Waals surface area contributed by atoms with Gasteiger partial charge in [0.1, 0.15) is 0 Å². The molecule has 1 aromatic rings. The summed E-state index contributed by atoms with van der Waals surface area (Å²) in [7, 11) is 0. The van der Waals surface area contributed by atoms with Crippen molar-refractivity contribution < 1.29 is 0 Å². The average molecular weight is 142 g/mol. The van der Waals surface area contributed by atoms with Gasteiger partial charge in [-0.1, -0.05) is 34.1 Å². The van der Waals surface area contributed by atoms with Crippen LogP contribution in [0, 0.1) is 0 Å². The molecule has 0 aromatic carbocycles. The Hall–Kier alpha value is -0.790. The van der Waals surface area contributed by atoms with Crippen molar-refractivity contribution in [3.05, 3.63) is 18.7 Å². The topological polar surface area (TPSA) is 28.7 Å². The fourth-order valence-electron chi connectivity index (χ4n) is 0.215. The van der Waals surface area contributed by atoms with Crippen molar-refractivity contribution >= 4 is 0 Å². The molecule has 0 aliphatic carbocycles. The number of H-pyrrole nitrogens is 1. The summed E-state index contributed by atoms with van der Waals surface area (Å²) in [5.41, 5.74) is 0. The van der Waals surface area contributed by atoms with Crippen molar-refractivity contribution in [2.24, 2.45) is 0 Å². The van der Waals surface area contributed by atoms with E-state index in [1.807, 2.05) is 13.8 Å². The van der Waals surface area contributed by atoms with Crippen molar-refractivity contribution in [3.8, 4) is 0 Å². The molecule has 10 heavy (non-hydrogen) atoms. The third kappa shape index (κ3) is 15.7. The summed E-state index contributed by atoms with van der Waals surface area (Å²) in [6.07, 6.45) is 6.33. The zero-order chi connectivity index (χ0) is 8.24. The monoisotopic (exact) mass is 142 g/mol. The summed E-state index contributed by atoms with van der Waals surface area (Å²) in [4.78, 5) is 6.42. The van der Waals surface area contributed by atoms with Crippen LogP contribution in [0.25, 0.3) is 0 Å². The van der Waals surface area contributed by atoms with Gasteiger partial charge >= 0.3 is 0 Å². The molecule has 0 saturated carbocycles. The minimum atomic E-state index is 1.25. The molecule has 0 bridgehead atoms. The van der Waals surface area contributed by atoms with Gasteiger partial charge in [0.25, 0.3) is 0 Å². The van der Waals surface area contributed by atoms with E-state index in [0.717, 1.165) is 0 Å². The van der Waals surface area contributed by atoms with Gasteiger partial charge in [0.2, 0.25) is 0 Å². The van der Waals surface area contributed by atoms with Gasteiger partial charge in [-0.3, -0.25) is 0 Å². The maximum atomic E-state index is 3.67. The Labute approximate surface area is 63.7 Å². The Morgan fingerprint density at radius 3 is 1.90 bits per heavy atom. The lowest BCUT2D eigenvalue weighted by atomic mass is 10.6. The zero-order valence-electron chi connectivity index (χ0n) is 7.39. The number of aromatic amines is 1. The van der Waals surface area contributed by atoms with Crippen molar-refractivity contribution in [1.82, 2.24) is 9.97 Å².